The monoisotopic (exact) mass is 592 g/mol. The Morgan fingerprint density at radius 3 is 2.19 bits per heavy atom. The van der Waals surface area contributed by atoms with Crippen LogP contribution in [-0.4, -0.2) is 46.0 Å². The van der Waals surface area contributed by atoms with Gasteiger partial charge in [-0.3, -0.25) is 19.3 Å². The molecule has 0 aliphatic carbocycles. The molecule has 0 saturated carbocycles. The molecule has 1 N–H and O–H groups in total. The second-order valence-electron chi connectivity index (χ2n) is 11.2. The Bertz CT molecular complexity index is 1660. The Morgan fingerprint density at radius 2 is 1.51 bits per heavy atom. The summed E-state index contributed by atoms with van der Waals surface area (Å²) in [5, 5.41) is 2.24. The highest BCUT2D eigenvalue weighted by Gasteiger charge is 2.53. The van der Waals surface area contributed by atoms with Crippen LogP contribution in [0.5, 0.6) is 5.75 Å². The standard InChI is InChI=1S/C35H33N3O4S/c1-23-13-17-28(18-14-23)38(27-9-5-4-6-10-27)25(3)37(33(39)30-11-7-8-12-32(30)38)24(2)22-42-29-19-15-26(16-20-29)21-31-34(40)43-35(41)36-31/h4-20,24-25,31H,21-22H2,1-3H3/p+1. The summed E-state index contributed by atoms with van der Waals surface area (Å²) in [6.45, 7) is 6.52. The number of nitrogens with zero attached hydrogens (tertiary/aromatic N) is 2. The van der Waals surface area contributed by atoms with E-state index in [9.17, 15) is 14.4 Å². The fourth-order valence-corrected chi connectivity index (χ4v) is 6.98. The van der Waals surface area contributed by atoms with Crippen LogP contribution in [-0.2, 0) is 11.2 Å². The molecule has 1 fully saturated rings. The molecule has 2 aliphatic rings. The molecule has 0 radical (unpaired) electrons. The minimum absolute atomic E-state index is 0.0208. The summed E-state index contributed by atoms with van der Waals surface area (Å²) in [6, 6.07) is 33.7. The summed E-state index contributed by atoms with van der Waals surface area (Å²) >= 11 is 0.722. The van der Waals surface area contributed by atoms with Crippen LogP contribution < -0.4 is 14.5 Å². The molecule has 1 saturated heterocycles. The van der Waals surface area contributed by atoms with Gasteiger partial charge < -0.3 is 10.1 Å². The van der Waals surface area contributed by atoms with Crippen molar-refractivity contribution in [2.24, 2.45) is 0 Å². The van der Waals surface area contributed by atoms with Gasteiger partial charge in [-0.25, -0.2) is 4.48 Å². The van der Waals surface area contributed by atoms with Gasteiger partial charge in [0.1, 0.15) is 35.3 Å². The van der Waals surface area contributed by atoms with Crippen LogP contribution in [0.1, 0.15) is 35.3 Å². The molecule has 0 bridgehead atoms. The van der Waals surface area contributed by atoms with Gasteiger partial charge in [-0.2, -0.15) is 0 Å². The molecule has 2 heterocycles. The molecule has 4 unspecified atom stereocenters. The Hall–Kier alpha value is -4.40. The summed E-state index contributed by atoms with van der Waals surface area (Å²) in [4.78, 5) is 39.6. The highest BCUT2D eigenvalue weighted by molar-refractivity contribution is 8.26. The maximum Gasteiger partial charge on any atom is 0.287 e. The molecule has 2 amide bonds. The minimum atomic E-state index is -0.504. The molecule has 2 aliphatic heterocycles. The van der Waals surface area contributed by atoms with Crippen molar-refractivity contribution >= 4 is 45.1 Å². The van der Waals surface area contributed by atoms with Crippen molar-refractivity contribution in [3.63, 3.8) is 0 Å². The fourth-order valence-electron chi connectivity index (χ4n) is 6.31. The lowest BCUT2D eigenvalue weighted by molar-refractivity contribution is -0.112. The first kappa shape index (κ1) is 28.7. The van der Waals surface area contributed by atoms with E-state index in [1.807, 2.05) is 72.5 Å². The van der Waals surface area contributed by atoms with Crippen molar-refractivity contribution < 1.29 is 19.1 Å². The lowest BCUT2D eigenvalue weighted by Gasteiger charge is -2.51. The molecule has 6 rings (SSSR count). The highest BCUT2D eigenvalue weighted by Crippen LogP contribution is 2.51. The number of quaternary nitrogens is 1. The first-order chi connectivity index (χ1) is 20.8. The van der Waals surface area contributed by atoms with Crippen LogP contribution in [0.2, 0.25) is 0 Å². The van der Waals surface area contributed by atoms with Crippen LogP contribution in [0.25, 0.3) is 0 Å². The summed E-state index contributed by atoms with van der Waals surface area (Å²) < 4.78 is 6.59. The van der Waals surface area contributed by atoms with E-state index >= 15 is 0 Å². The van der Waals surface area contributed by atoms with Gasteiger partial charge in [0.15, 0.2) is 11.9 Å². The molecule has 4 aromatic carbocycles. The third kappa shape index (κ3) is 5.21. The van der Waals surface area contributed by atoms with Crippen molar-refractivity contribution in [1.82, 2.24) is 14.7 Å². The van der Waals surface area contributed by atoms with Gasteiger partial charge in [0.05, 0.1) is 6.04 Å². The number of carbonyl (C=O) groups excluding carboxylic acids is 3. The van der Waals surface area contributed by atoms with Crippen LogP contribution in [0.15, 0.2) is 103 Å². The Morgan fingerprint density at radius 1 is 0.860 bits per heavy atom. The van der Waals surface area contributed by atoms with E-state index in [2.05, 4.69) is 61.6 Å². The van der Waals surface area contributed by atoms with E-state index in [0.29, 0.717) is 28.8 Å². The number of rotatable bonds is 8. The van der Waals surface area contributed by atoms with Crippen LogP contribution in [0.4, 0.5) is 21.9 Å². The summed E-state index contributed by atoms with van der Waals surface area (Å²) in [6.07, 6.45) is 0.164. The maximum atomic E-state index is 14.1. The lowest BCUT2D eigenvalue weighted by Crippen LogP contribution is -2.64. The Balaban J connectivity index is 1.30. The first-order valence-electron chi connectivity index (χ1n) is 14.5. The Kier molecular flexibility index (Phi) is 7.81. The number of fused-ring (bicyclic) bond motifs is 1. The molecular formula is C35H34N3O4S+. The largest absolute Gasteiger partial charge is 0.491 e. The third-order valence-electron chi connectivity index (χ3n) is 8.42. The maximum absolute atomic E-state index is 14.1. The molecule has 43 heavy (non-hydrogen) atoms. The van der Waals surface area contributed by atoms with Gasteiger partial charge in [0, 0.05) is 55.4 Å². The number of para-hydroxylation sites is 2. The first-order valence-corrected chi connectivity index (χ1v) is 15.3. The van der Waals surface area contributed by atoms with E-state index < -0.39 is 6.04 Å². The van der Waals surface area contributed by atoms with Crippen LogP contribution >= 0.6 is 11.8 Å². The normalized spacial score (nSPS) is 22.2. The van der Waals surface area contributed by atoms with E-state index in [1.54, 1.807) is 0 Å². The Labute approximate surface area is 256 Å². The average Bonchev–Trinajstić information content (AvgIpc) is 3.34. The number of nitrogens with one attached hydrogen (secondary N) is 1. The highest BCUT2D eigenvalue weighted by atomic mass is 32.2. The summed E-state index contributed by atoms with van der Waals surface area (Å²) in [7, 11) is 0. The molecule has 0 aromatic heterocycles. The smallest absolute Gasteiger partial charge is 0.287 e. The van der Waals surface area contributed by atoms with E-state index in [4.69, 9.17) is 4.74 Å². The number of hydrogen-bond acceptors (Lipinski definition) is 5. The van der Waals surface area contributed by atoms with Gasteiger partial charge in [0.25, 0.3) is 11.1 Å². The van der Waals surface area contributed by atoms with Gasteiger partial charge in [-0.1, -0.05) is 60.2 Å². The van der Waals surface area contributed by atoms with E-state index in [1.165, 1.54) is 5.56 Å². The van der Waals surface area contributed by atoms with Crippen molar-refractivity contribution in [2.75, 3.05) is 6.61 Å². The van der Waals surface area contributed by atoms with Crippen molar-refractivity contribution in [3.05, 3.63) is 120 Å². The number of benzene rings is 4. The molecule has 7 nitrogen and oxygen atoms in total. The average molecular weight is 593 g/mol. The SMILES string of the molecule is Cc1ccc([N+]2(c3ccccc3)c3ccccc3C(=O)N(C(C)COc3ccc(CC4NC(=O)SC4=O)cc3)C2C)cc1. The predicted molar refractivity (Wildman–Crippen MR) is 171 cm³/mol. The van der Waals surface area contributed by atoms with Gasteiger partial charge in [0.2, 0.25) is 5.12 Å². The summed E-state index contributed by atoms with van der Waals surface area (Å²) in [5.41, 5.74) is 5.88. The molecule has 0 spiro atoms. The predicted octanol–water partition coefficient (Wildman–Crippen LogP) is 7.13. The van der Waals surface area contributed by atoms with Gasteiger partial charge in [-0.15, -0.1) is 0 Å². The lowest BCUT2D eigenvalue weighted by atomic mass is 9.97. The molecular weight excluding hydrogens is 558 g/mol. The third-order valence-corrected chi connectivity index (χ3v) is 9.20. The number of thioether (sulfide) groups is 1. The zero-order chi connectivity index (χ0) is 30.1. The number of ether oxygens (including phenoxy) is 1. The number of carbonyl (C=O) groups is 3. The second-order valence-corrected chi connectivity index (χ2v) is 12.1. The number of aryl methyl sites for hydroxylation is 1. The quantitative estimate of drug-likeness (QED) is 0.220. The summed E-state index contributed by atoms with van der Waals surface area (Å²) in [5.74, 6) is 0.652. The molecule has 4 atom stereocenters. The fraction of sp³-hybridized carbons (Fsp3) is 0.229. The topological polar surface area (TPSA) is 75.7 Å². The van der Waals surface area contributed by atoms with Crippen molar-refractivity contribution in [3.8, 4) is 5.75 Å². The van der Waals surface area contributed by atoms with Crippen LogP contribution in [0.3, 0.4) is 0 Å². The van der Waals surface area contributed by atoms with E-state index in [0.717, 1.165) is 34.4 Å². The zero-order valence-corrected chi connectivity index (χ0v) is 25.2. The zero-order valence-electron chi connectivity index (χ0n) is 24.4. The van der Waals surface area contributed by atoms with E-state index in [-0.39, 0.29) is 28.5 Å². The molecule has 8 heteroatoms. The van der Waals surface area contributed by atoms with Crippen molar-refractivity contribution in [2.45, 2.75) is 45.4 Å². The molecule has 218 valence electrons. The second kappa shape index (κ2) is 11.7. The minimum Gasteiger partial charge on any atom is -0.491 e. The van der Waals surface area contributed by atoms with Crippen LogP contribution in [0, 0.1) is 6.92 Å². The number of hydrogen-bond donors (Lipinski definition) is 1. The van der Waals surface area contributed by atoms with Gasteiger partial charge >= 0.3 is 0 Å². The van der Waals surface area contributed by atoms with Crippen molar-refractivity contribution in [1.29, 1.82) is 0 Å². The van der Waals surface area contributed by atoms with Gasteiger partial charge in [-0.05, 0) is 37.6 Å². The molecule has 4 aromatic rings. The number of amides is 2.